The lowest BCUT2D eigenvalue weighted by atomic mass is 10.1. The van der Waals surface area contributed by atoms with Gasteiger partial charge >= 0.3 is 0 Å². The van der Waals surface area contributed by atoms with Crippen LogP contribution in [-0.4, -0.2) is 49.6 Å². The van der Waals surface area contributed by atoms with E-state index in [2.05, 4.69) is 12.2 Å². The van der Waals surface area contributed by atoms with Crippen molar-refractivity contribution in [2.75, 3.05) is 32.8 Å². The number of carbonyl (C=O) groups excluding carboxylic acids is 2. The molecule has 1 heterocycles. The van der Waals surface area contributed by atoms with Crippen LogP contribution >= 0.6 is 0 Å². The number of ether oxygens (including phenoxy) is 1. The van der Waals surface area contributed by atoms with Gasteiger partial charge in [-0.2, -0.15) is 0 Å². The normalized spacial score (nSPS) is 15.6. The number of rotatable bonds is 9. The van der Waals surface area contributed by atoms with E-state index < -0.39 is 0 Å². The number of hydrogen-bond donors (Lipinski definition) is 1. The quantitative estimate of drug-likeness (QED) is 0.643. The summed E-state index contributed by atoms with van der Waals surface area (Å²) in [6.07, 6.45) is 5.59. The van der Waals surface area contributed by atoms with Gasteiger partial charge in [-0.1, -0.05) is 13.3 Å². The minimum atomic E-state index is -0.0659. The minimum absolute atomic E-state index is 0.0659. The van der Waals surface area contributed by atoms with E-state index in [1.165, 1.54) is 0 Å². The molecule has 2 amide bonds. The van der Waals surface area contributed by atoms with Crippen LogP contribution in [0.2, 0.25) is 0 Å². The lowest BCUT2D eigenvalue weighted by Crippen LogP contribution is -2.43. The average molecular weight is 270 g/mol. The molecule has 0 aromatic heterocycles. The van der Waals surface area contributed by atoms with Gasteiger partial charge in [-0.15, -0.1) is 0 Å². The maximum Gasteiger partial charge on any atom is 0.239 e. The molecule has 1 fully saturated rings. The van der Waals surface area contributed by atoms with Crippen LogP contribution in [0.4, 0.5) is 0 Å². The Hall–Kier alpha value is -1.10. The standard InChI is InChI=1S/C14H26N2O3/c1-2-3-10-19-11-6-8-15-13(17)12-16-9-5-4-7-14(16)18/h2-12H2,1H3,(H,15,17). The van der Waals surface area contributed by atoms with E-state index >= 15 is 0 Å². The van der Waals surface area contributed by atoms with Crippen LogP contribution < -0.4 is 5.32 Å². The molecule has 0 atom stereocenters. The fraction of sp³-hybridized carbons (Fsp3) is 0.857. The van der Waals surface area contributed by atoms with Crippen LogP contribution in [0.25, 0.3) is 0 Å². The molecule has 0 bridgehead atoms. The van der Waals surface area contributed by atoms with Crippen molar-refractivity contribution in [2.45, 2.75) is 45.4 Å². The van der Waals surface area contributed by atoms with Crippen molar-refractivity contribution in [1.29, 1.82) is 0 Å². The molecule has 1 aliphatic heterocycles. The molecule has 0 aliphatic carbocycles. The van der Waals surface area contributed by atoms with E-state index in [0.29, 0.717) is 26.1 Å². The SMILES string of the molecule is CCCCOCCCNC(=O)CN1CCCCC1=O. The molecule has 1 saturated heterocycles. The van der Waals surface area contributed by atoms with Crippen LogP contribution in [0.1, 0.15) is 45.4 Å². The first kappa shape index (κ1) is 16.0. The second-order valence-corrected chi connectivity index (χ2v) is 4.94. The summed E-state index contributed by atoms with van der Waals surface area (Å²) in [6, 6.07) is 0. The van der Waals surface area contributed by atoms with Crippen molar-refractivity contribution in [3.8, 4) is 0 Å². The van der Waals surface area contributed by atoms with Crippen LogP contribution in [0, 0.1) is 0 Å². The van der Waals surface area contributed by atoms with Crippen LogP contribution in [0.15, 0.2) is 0 Å². The number of amides is 2. The van der Waals surface area contributed by atoms with Gasteiger partial charge < -0.3 is 15.0 Å². The van der Waals surface area contributed by atoms with Gasteiger partial charge in [0.05, 0.1) is 6.54 Å². The Bertz CT molecular complexity index is 282. The maximum atomic E-state index is 11.6. The summed E-state index contributed by atoms with van der Waals surface area (Å²) in [6.45, 7) is 5.15. The Morgan fingerprint density at radius 1 is 1.32 bits per heavy atom. The molecule has 19 heavy (non-hydrogen) atoms. The Morgan fingerprint density at radius 3 is 2.84 bits per heavy atom. The summed E-state index contributed by atoms with van der Waals surface area (Å²) in [4.78, 5) is 24.8. The van der Waals surface area contributed by atoms with Crippen molar-refractivity contribution < 1.29 is 14.3 Å². The highest BCUT2D eigenvalue weighted by Crippen LogP contribution is 2.09. The molecule has 1 rings (SSSR count). The topological polar surface area (TPSA) is 58.6 Å². The van der Waals surface area contributed by atoms with Crippen molar-refractivity contribution >= 4 is 11.8 Å². The van der Waals surface area contributed by atoms with Crippen molar-refractivity contribution in [3.63, 3.8) is 0 Å². The smallest absolute Gasteiger partial charge is 0.239 e. The number of hydrogen-bond acceptors (Lipinski definition) is 3. The van der Waals surface area contributed by atoms with Crippen molar-refractivity contribution in [3.05, 3.63) is 0 Å². The second-order valence-electron chi connectivity index (χ2n) is 4.94. The lowest BCUT2D eigenvalue weighted by molar-refractivity contribution is -0.137. The molecule has 0 saturated carbocycles. The first-order valence-electron chi connectivity index (χ1n) is 7.36. The first-order valence-corrected chi connectivity index (χ1v) is 7.36. The van der Waals surface area contributed by atoms with Crippen molar-refractivity contribution in [2.24, 2.45) is 0 Å². The Kier molecular flexibility index (Phi) is 8.21. The predicted molar refractivity (Wildman–Crippen MR) is 73.8 cm³/mol. The van der Waals surface area contributed by atoms with Gasteiger partial charge in [-0.3, -0.25) is 9.59 Å². The molecule has 5 nitrogen and oxygen atoms in total. The summed E-state index contributed by atoms with van der Waals surface area (Å²) < 4.78 is 5.41. The fourth-order valence-electron chi connectivity index (χ4n) is 2.01. The zero-order valence-corrected chi connectivity index (χ0v) is 12.0. The summed E-state index contributed by atoms with van der Waals surface area (Å²) in [5.41, 5.74) is 0. The van der Waals surface area contributed by atoms with Gasteiger partial charge in [0.15, 0.2) is 0 Å². The molecule has 5 heteroatoms. The van der Waals surface area contributed by atoms with Crippen LogP contribution in [0.3, 0.4) is 0 Å². The molecule has 1 N–H and O–H groups in total. The number of unbranched alkanes of at least 4 members (excludes halogenated alkanes) is 1. The highest BCUT2D eigenvalue weighted by molar-refractivity contribution is 5.85. The van der Waals surface area contributed by atoms with E-state index in [9.17, 15) is 9.59 Å². The fourth-order valence-corrected chi connectivity index (χ4v) is 2.01. The molecular weight excluding hydrogens is 244 g/mol. The maximum absolute atomic E-state index is 11.6. The van der Waals surface area contributed by atoms with Gasteiger partial charge in [0.25, 0.3) is 0 Å². The number of nitrogens with zero attached hydrogens (tertiary/aromatic N) is 1. The third kappa shape index (κ3) is 7.15. The number of piperidine rings is 1. The average Bonchev–Trinajstić information content (AvgIpc) is 2.40. The Labute approximate surface area is 115 Å². The summed E-state index contributed by atoms with van der Waals surface area (Å²) in [5.74, 6) is 0.0353. The zero-order valence-electron chi connectivity index (χ0n) is 12.0. The molecule has 0 spiro atoms. The van der Waals surface area contributed by atoms with Gasteiger partial charge in [0, 0.05) is 32.7 Å². The molecule has 1 aliphatic rings. The third-order valence-corrected chi connectivity index (χ3v) is 3.19. The van der Waals surface area contributed by atoms with Gasteiger partial charge in [-0.05, 0) is 25.7 Å². The minimum Gasteiger partial charge on any atom is -0.381 e. The van der Waals surface area contributed by atoms with E-state index in [0.717, 1.165) is 38.7 Å². The summed E-state index contributed by atoms with van der Waals surface area (Å²) >= 11 is 0. The first-order chi connectivity index (χ1) is 9.24. The highest BCUT2D eigenvalue weighted by atomic mass is 16.5. The third-order valence-electron chi connectivity index (χ3n) is 3.19. The number of carbonyl (C=O) groups is 2. The van der Waals surface area contributed by atoms with Crippen LogP contribution in [-0.2, 0) is 14.3 Å². The molecule has 0 aromatic rings. The van der Waals surface area contributed by atoms with Gasteiger partial charge in [0.2, 0.25) is 11.8 Å². The van der Waals surface area contributed by atoms with E-state index in [4.69, 9.17) is 4.74 Å². The number of nitrogens with one attached hydrogen (secondary N) is 1. The summed E-state index contributed by atoms with van der Waals surface area (Å²) in [7, 11) is 0. The van der Waals surface area contributed by atoms with E-state index in [-0.39, 0.29) is 18.4 Å². The Balaban J connectivity index is 2.00. The zero-order chi connectivity index (χ0) is 13.9. The highest BCUT2D eigenvalue weighted by Gasteiger charge is 2.19. The lowest BCUT2D eigenvalue weighted by Gasteiger charge is -2.25. The van der Waals surface area contributed by atoms with E-state index in [1.54, 1.807) is 4.90 Å². The Morgan fingerprint density at radius 2 is 2.11 bits per heavy atom. The molecule has 0 aromatic carbocycles. The monoisotopic (exact) mass is 270 g/mol. The molecule has 110 valence electrons. The number of likely N-dealkylation sites (tertiary alicyclic amines) is 1. The van der Waals surface area contributed by atoms with Gasteiger partial charge in [-0.25, -0.2) is 0 Å². The largest absolute Gasteiger partial charge is 0.381 e. The molecule has 0 unspecified atom stereocenters. The molecular formula is C14H26N2O3. The van der Waals surface area contributed by atoms with Gasteiger partial charge in [0.1, 0.15) is 0 Å². The van der Waals surface area contributed by atoms with E-state index in [1.807, 2.05) is 0 Å². The predicted octanol–water partition coefficient (Wildman–Crippen LogP) is 1.32. The van der Waals surface area contributed by atoms with Crippen LogP contribution in [0.5, 0.6) is 0 Å². The summed E-state index contributed by atoms with van der Waals surface area (Å²) in [5, 5.41) is 2.83. The van der Waals surface area contributed by atoms with Crippen molar-refractivity contribution in [1.82, 2.24) is 10.2 Å². The second kappa shape index (κ2) is 9.78. The molecule has 0 radical (unpaired) electrons.